The van der Waals surface area contributed by atoms with Crippen LogP contribution in [0.2, 0.25) is 0 Å². The molecule has 23 heavy (non-hydrogen) atoms. The number of nitrogens with two attached hydrogens (primary N) is 1. The molecule has 0 bridgehead atoms. The van der Waals surface area contributed by atoms with Gasteiger partial charge in [-0.25, -0.2) is 4.79 Å². The molecule has 1 atom stereocenters. The van der Waals surface area contributed by atoms with Gasteiger partial charge in [0.2, 0.25) is 11.8 Å². The van der Waals surface area contributed by atoms with Gasteiger partial charge in [0.25, 0.3) is 0 Å². The second-order valence-electron chi connectivity index (χ2n) is 5.92. The van der Waals surface area contributed by atoms with Gasteiger partial charge in [-0.1, -0.05) is 13.8 Å². The van der Waals surface area contributed by atoms with Crippen LogP contribution < -0.4 is 21.3 Å². The Labute approximate surface area is 135 Å². The molecule has 2 rings (SSSR count). The quantitative estimate of drug-likeness (QED) is 0.765. The van der Waals surface area contributed by atoms with Crippen LogP contribution in [0.15, 0.2) is 24.3 Å². The van der Waals surface area contributed by atoms with E-state index in [1.54, 1.807) is 29.2 Å². The minimum atomic E-state index is -0.734. The first-order chi connectivity index (χ1) is 10.9. The van der Waals surface area contributed by atoms with E-state index in [4.69, 9.17) is 5.73 Å². The van der Waals surface area contributed by atoms with Gasteiger partial charge < -0.3 is 21.3 Å². The van der Waals surface area contributed by atoms with Crippen molar-refractivity contribution in [2.45, 2.75) is 32.7 Å². The lowest BCUT2D eigenvalue weighted by Crippen LogP contribution is -2.49. The molecule has 1 saturated heterocycles. The highest BCUT2D eigenvalue weighted by Crippen LogP contribution is 2.23. The molecule has 1 fully saturated rings. The van der Waals surface area contributed by atoms with Gasteiger partial charge in [0.15, 0.2) is 0 Å². The number of carbonyl (C=O) groups excluding carboxylic acids is 3. The predicted octanol–water partition coefficient (Wildman–Crippen LogP) is 1.44. The van der Waals surface area contributed by atoms with Gasteiger partial charge in [0, 0.05) is 24.3 Å². The largest absolute Gasteiger partial charge is 0.352 e. The number of carbonyl (C=O) groups is 3. The molecule has 1 aromatic carbocycles. The van der Waals surface area contributed by atoms with Gasteiger partial charge in [-0.2, -0.15) is 0 Å². The lowest BCUT2D eigenvalue weighted by molar-refractivity contribution is -0.119. The molecule has 7 nitrogen and oxygen atoms in total. The highest BCUT2D eigenvalue weighted by molar-refractivity contribution is 5.98. The zero-order valence-corrected chi connectivity index (χ0v) is 13.3. The van der Waals surface area contributed by atoms with E-state index in [0.29, 0.717) is 12.1 Å². The molecule has 7 heteroatoms. The van der Waals surface area contributed by atoms with E-state index >= 15 is 0 Å². The topological polar surface area (TPSA) is 105 Å². The third-order valence-corrected chi connectivity index (χ3v) is 3.77. The number of nitrogens with zero attached hydrogens (tertiary/aromatic N) is 1. The van der Waals surface area contributed by atoms with Gasteiger partial charge in [-0.3, -0.25) is 9.59 Å². The predicted molar refractivity (Wildman–Crippen MR) is 88.0 cm³/mol. The van der Waals surface area contributed by atoms with Crippen LogP contribution in [-0.2, 0) is 9.59 Å². The van der Waals surface area contributed by atoms with E-state index in [-0.39, 0.29) is 17.7 Å². The molecule has 1 aliphatic heterocycles. The van der Waals surface area contributed by atoms with Gasteiger partial charge in [-0.05, 0) is 36.6 Å². The number of urea groups is 1. The Morgan fingerprint density at radius 3 is 2.35 bits per heavy atom. The number of rotatable bonds is 5. The highest BCUT2D eigenvalue weighted by Gasteiger charge is 2.24. The Morgan fingerprint density at radius 2 is 1.87 bits per heavy atom. The Hall–Kier alpha value is -2.57. The number of hydrogen-bond acceptors (Lipinski definition) is 3. The fraction of sp³-hybridized carbons (Fsp3) is 0.438. The minimum Gasteiger partial charge on any atom is -0.352 e. The summed E-state index contributed by atoms with van der Waals surface area (Å²) in [5.74, 6) is -0.305. The molecule has 0 radical (unpaired) electrons. The van der Waals surface area contributed by atoms with Gasteiger partial charge in [0.1, 0.15) is 6.04 Å². The summed E-state index contributed by atoms with van der Waals surface area (Å²) in [5, 5.41) is 5.18. The van der Waals surface area contributed by atoms with E-state index in [1.165, 1.54) is 0 Å². The zero-order chi connectivity index (χ0) is 17.0. The number of hydrogen-bond donors (Lipinski definition) is 3. The molecular weight excluding hydrogens is 296 g/mol. The molecule has 4 N–H and O–H groups in total. The lowest BCUT2D eigenvalue weighted by Gasteiger charge is -2.21. The summed E-state index contributed by atoms with van der Waals surface area (Å²) >= 11 is 0. The number of primary amides is 1. The Balaban J connectivity index is 2.03. The second-order valence-corrected chi connectivity index (χ2v) is 5.92. The summed E-state index contributed by atoms with van der Waals surface area (Å²) in [5.41, 5.74) is 6.52. The van der Waals surface area contributed by atoms with Crippen molar-refractivity contribution in [1.29, 1.82) is 0 Å². The summed E-state index contributed by atoms with van der Waals surface area (Å²) in [6.45, 7) is 4.37. The maximum absolute atomic E-state index is 12.2. The summed E-state index contributed by atoms with van der Waals surface area (Å²) in [7, 11) is 0. The van der Waals surface area contributed by atoms with Crippen molar-refractivity contribution in [3.05, 3.63) is 24.3 Å². The summed E-state index contributed by atoms with van der Waals surface area (Å²) in [4.78, 5) is 36.7. The van der Waals surface area contributed by atoms with E-state index in [0.717, 1.165) is 18.7 Å². The molecule has 0 aromatic heterocycles. The van der Waals surface area contributed by atoms with E-state index < -0.39 is 12.1 Å². The molecule has 124 valence electrons. The first-order valence-corrected chi connectivity index (χ1v) is 7.65. The normalized spacial score (nSPS) is 15.6. The van der Waals surface area contributed by atoms with E-state index in [9.17, 15) is 14.4 Å². The summed E-state index contributed by atoms with van der Waals surface area (Å²) < 4.78 is 0. The first kappa shape index (κ1) is 16.8. The fourth-order valence-electron chi connectivity index (χ4n) is 2.55. The number of anilines is 2. The van der Waals surface area contributed by atoms with Crippen LogP contribution in [0.5, 0.6) is 0 Å². The third-order valence-electron chi connectivity index (χ3n) is 3.77. The van der Waals surface area contributed by atoms with Crippen molar-refractivity contribution >= 4 is 29.2 Å². The maximum Gasteiger partial charge on any atom is 0.312 e. The van der Waals surface area contributed by atoms with E-state index in [1.807, 2.05) is 13.8 Å². The number of benzene rings is 1. The van der Waals surface area contributed by atoms with Gasteiger partial charge in [0.05, 0.1) is 0 Å². The molecule has 0 aliphatic carbocycles. The molecule has 1 aliphatic rings. The molecule has 1 aromatic rings. The average molecular weight is 318 g/mol. The average Bonchev–Trinajstić information content (AvgIpc) is 2.91. The molecular formula is C16H22N4O3. The Bertz CT molecular complexity index is 598. The standard InChI is InChI=1S/C16H22N4O3/c1-10(2)14(19-16(17)23)15(22)18-11-5-7-12(8-6-11)20-9-3-4-13(20)21/h5-8,10,14H,3-4,9H2,1-2H3,(H,18,22)(H3,17,19,23)/t14-/m0/s1. The smallest absolute Gasteiger partial charge is 0.312 e. The minimum absolute atomic E-state index is 0.0935. The van der Waals surface area contributed by atoms with Crippen LogP contribution in [0.4, 0.5) is 16.2 Å². The highest BCUT2D eigenvalue weighted by atomic mass is 16.2. The Kier molecular flexibility index (Phi) is 5.20. The fourth-order valence-corrected chi connectivity index (χ4v) is 2.55. The van der Waals surface area contributed by atoms with Crippen LogP contribution in [0.3, 0.4) is 0 Å². The molecule has 4 amide bonds. The maximum atomic E-state index is 12.2. The van der Waals surface area contributed by atoms with Crippen LogP contribution in [0, 0.1) is 5.92 Å². The second kappa shape index (κ2) is 7.13. The van der Waals surface area contributed by atoms with Crippen LogP contribution >= 0.6 is 0 Å². The molecule has 1 heterocycles. The van der Waals surface area contributed by atoms with Crippen molar-refractivity contribution in [2.24, 2.45) is 11.7 Å². The molecule has 0 spiro atoms. The summed E-state index contributed by atoms with van der Waals surface area (Å²) in [6, 6.07) is 5.63. The number of nitrogens with one attached hydrogen (secondary N) is 2. The van der Waals surface area contributed by atoms with Gasteiger partial charge in [-0.15, -0.1) is 0 Å². The molecule has 0 saturated carbocycles. The van der Waals surface area contributed by atoms with Crippen LogP contribution in [0.25, 0.3) is 0 Å². The van der Waals surface area contributed by atoms with Crippen molar-refractivity contribution < 1.29 is 14.4 Å². The summed E-state index contributed by atoms with van der Waals surface area (Å²) in [6.07, 6.45) is 1.44. The lowest BCUT2D eigenvalue weighted by atomic mass is 10.0. The molecule has 0 unspecified atom stereocenters. The van der Waals surface area contributed by atoms with Gasteiger partial charge >= 0.3 is 6.03 Å². The van der Waals surface area contributed by atoms with Crippen molar-refractivity contribution in [3.8, 4) is 0 Å². The van der Waals surface area contributed by atoms with Crippen molar-refractivity contribution in [3.63, 3.8) is 0 Å². The third kappa shape index (κ3) is 4.21. The first-order valence-electron chi connectivity index (χ1n) is 7.65. The number of amides is 4. The monoisotopic (exact) mass is 318 g/mol. The zero-order valence-electron chi connectivity index (χ0n) is 13.3. The van der Waals surface area contributed by atoms with Crippen molar-refractivity contribution in [1.82, 2.24) is 5.32 Å². The van der Waals surface area contributed by atoms with E-state index in [2.05, 4.69) is 10.6 Å². The van der Waals surface area contributed by atoms with Crippen LogP contribution in [-0.4, -0.2) is 30.4 Å². The Morgan fingerprint density at radius 1 is 1.22 bits per heavy atom. The van der Waals surface area contributed by atoms with Crippen molar-refractivity contribution in [2.75, 3.05) is 16.8 Å². The SMILES string of the molecule is CC(C)[C@H](NC(N)=O)C(=O)Nc1ccc(N2CCCC2=O)cc1. The van der Waals surface area contributed by atoms with Crippen LogP contribution in [0.1, 0.15) is 26.7 Å².